The van der Waals surface area contributed by atoms with Gasteiger partial charge in [-0.15, -0.1) is 5.10 Å². The van der Waals surface area contributed by atoms with E-state index in [1.54, 1.807) is 6.20 Å². The third kappa shape index (κ3) is 3.49. The average Bonchev–Trinajstić information content (AvgIpc) is 3.14. The molecule has 0 spiro atoms. The second kappa shape index (κ2) is 6.54. The van der Waals surface area contributed by atoms with Crippen LogP contribution in [0.4, 0.5) is 0 Å². The Morgan fingerprint density at radius 3 is 3.10 bits per heavy atom. The Labute approximate surface area is 124 Å². The Bertz CT molecular complexity index is 671. The van der Waals surface area contributed by atoms with Crippen molar-refractivity contribution in [1.82, 2.24) is 25.3 Å². The molecular weight excluding hydrogens is 262 g/mol. The molecule has 0 aliphatic heterocycles. The van der Waals surface area contributed by atoms with E-state index in [4.69, 9.17) is 0 Å². The van der Waals surface area contributed by atoms with Crippen LogP contribution in [0.1, 0.15) is 18.9 Å². The van der Waals surface area contributed by atoms with Crippen LogP contribution in [0.5, 0.6) is 0 Å². The summed E-state index contributed by atoms with van der Waals surface area (Å²) in [7, 11) is 0. The summed E-state index contributed by atoms with van der Waals surface area (Å²) in [5, 5.41) is 12.6. The lowest BCUT2D eigenvalue weighted by Gasteiger charge is -2.13. The van der Waals surface area contributed by atoms with Crippen LogP contribution in [0, 0.1) is 0 Å². The molecule has 110 valence electrons. The predicted molar refractivity (Wildman–Crippen MR) is 84.1 cm³/mol. The molecule has 21 heavy (non-hydrogen) atoms. The van der Waals surface area contributed by atoms with E-state index < -0.39 is 0 Å². The van der Waals surface area contributed by atoms with Crippen molar-refractivity contribution in [2.75, 3.05) is 6.54 Å². The van der Waals surface area contributed by atoms with E-state index in [0.29, 0.717) is 6.04 Å². The summed E-state index contributed by atoms with van der Waals surface area (Å²) in [5.41, 5.74) is 2.62. The molecule has 1 aromatic carbocycles. The summed E-state index contributed by atoms with van der Waals surface area (Å²) in [4.78, 5) is 3.33. The molecule has 0 saturated carbocycles. The van der Waals surface area contributed by atoms with E-state index in [2.05, 4.69) is 58.0 Å². The number of aryl methyl sites for hydroxylation is 1. The van der Waals surface area contributed by atoms with E-state index in [0.717, 1.165) is 25.9 Å². The van der Waals surface area contributed by atoms with E-state index in [9.17, 15) is 0 Å². The summed E-state index contributed by atoms with van der Waals surface area (Å²) in [6.07, 6.45) is 7.94. The normalized spacial score (nSPS) is 12.8. The van der Waals surface area contributed by atoms with E-state index in [1.807, 2.05) is 10.9 Å². The van der Waals surface area contributed by atoms with Gasteiger partial charge in [-0.2, -0.15) is 0 Å². The molecule has 0 aliphatic carbocycles. The lowest BCUT2D eigenvalue weighted by atomic mass is 10.1. The van der Waals surface area contributed by atoms with Crippen molar-refractivity contribution < 1.29 is 0 Å². The molecule has 2 N–H and O–H groups in total. The third-order valence-electron chi connectivity index (χ3n) is 3.83. The number of rotatable bonds is 7. The summed E-state index contributed by atoms with van der Waals surface area (Å²) in [6, 6.07) is 8.96. The molecule has 0 saturated heterocycles. The number of hydrogen-bond donors (Lipinski definition) is 2. The first-order valence-corrected chi connectivity index (χ1v) is 7.45. The molecule has 5 nitrogen and oxygen atoms in total. The highest BCUT2D eigenvalue weighted by Crippen LogP contribution is 2.19. The Balaban J connectivity index is 1.46. The van der Waals surface area contributed by atoms with Gasteiger partial charge in [-0.1, -0.05) is 23.4 Å². The maximum absolute atomic E-state index is 3.96. The van der Waals surface area contributed by atoms with Crippen molar-refractivity contribution in [3.05, 3.63) is 48.4 Å². The number of nitrogens with zero attached hydrogens (tertiary/aromatic N) is 3. The number of hydrogen-bond acceptors (Lipinski definition) is 3. The van der Waals surface area contributed by atoms with Gasteiger partial charge >= 0.3 is 0 Å². The maximum atomic E-state index is 3.96. The zero-order chi connectivity index (χ0) is 14.5. The Hall–Kier alpha value is -2.14. The van der Waals surface area contributed by atoms with Crippen LogP contribution in [0.25, 0.3) is 10.9 Å². The van der Waals surface area contributed by atoms with Gasteiger partial charge in [0.2, 0.25) is 0 Å². The van der Waals surface area contributed by atoms with Gasteiger partial charge < -0.3 is 10.3 Å². The van der Waals surface area contributed by atoms with Gasteiger partial charge in [-0.3, -0.25) is 4.68 Å². The topological polar surface area (TPSA) is 58.5 Å². The van der Waals surface area contributed by atoms with Gasteiger partial charge in [0.15, 0.2) is 0 Å². The van der Waals surface area contributed by atoms with Crippen LogP contribution in [-0.2, 0) is 13.0 Å². The number of nitrogens with one attached hydrogen (secondary N) is 2. The molecule has 2 aromatic heterocycles. The van der Waals surface area contributed by atoms with Gasteiger partial charge in [-0.25, -0.2) is 0 Å². The third-order valence-corrected chi connectivity index (χ3v) is 3.83. The highest BCUT2D eigenvalue weighted by molar-refractivity contribution is 5.82. The van der Waals surface area contributed by atoms with Crippen LogP contribution in [-0.4, -0.2) is 32.6 Å². The van der Waals surface area contributed by atoms with Crippen molar-refractivity contribution in [2.24, 2.45) is 0 Å². The van der Waals surface area contributed by atoms with Gasteiger partial charge in [0.05, 0.1) is 12.7 Å². The zero-order valence-corrected chi connectivity index (χ0v) is 12.3. The first-order valence-electron chi connectivity index (χ1n) is 7.45. The first kappa shape index (κ1) is 13.8. The number of para-hydroxylation sites is 1. The fourth-order valence-electron chi connectivity index (χ4n) is 2.59. The van der Waals surface area contributed by atoms with E-state index >= 15 is 0 Å². The lowest BCUT2D eigenvalue weighted by Crippen LogP contribution is -2.29. The molecule has 3 rings (SSSR count). The van der Waals surface area contributed by atoms with E-state index in [1.165, 1.54) is 16.5 Å². The SMILES string of the molecule is C[C@@H](CCc1c[nH]c2ccccc12)NCCn1ccnn1. The molecule has 0 aliphatic rings. The quantitative estimate of drug-likeness (QED) is 0.700. The monoisotopic (exact) mass is 283 g/mol. The molecule has 2 heterocycles. The van der Waals surface area contributed by atoms with Gasteiger partial charge in [0.25, 0.3) is 0 Å². The number of fused-ring (bicyclic) bond motifs is 1. The van der Waals surface area contributed by atoms with Crippen molar-refractivity contribution >= 4 is 10.9 Å². The van der Waals surface area contributed by atoms with Crippen molar-refractivity contribution in [3.63, 3.8) is 0 Å². The van der Waals surface area contributed by atoms with Crippen molar-refractivity contribution in [3.8, 4) is 0 Å². The first-order chi connectivity index (χ1) is 10.3. The molecule has 0 bridgehead atoms. The van der Waals surface area contributed by atoms with Gasteiger partial charge in [0.1, 0.15) is 0 Å². The molecule has 0 fully saturated rings. The zero-order valence-electron chi connectivity index (χ0n) is 12.3. The van der Waals surface area contributed by atoms with Crippen LogP contribution in [0.3, 0.4) is 0 Å². The molecule has 3 aromatic rings. The highest BCUT2D eigenvalue weighted by atomic mass is 15.4. The molecule has 0 radical (unpaired) electrons. The standard InChI is InChI=1S/C16H21N5/c1-13(17-8-10-21-11-9-19-20-21)6-7-14-12-18-16-5-3-2-4-15(14)16/h2-5,9,11-13,17-18H,6-8,10H2,1H3/t13-/m0/s1. The van der Waals surface area contributed by atoms with Gasteiger partial charge in [0, 0.05) is 35.9 Å². The Kier molecular flexibility index (Phi) is 4.31. The minimum Gasteiger partial charge on any atom is -0.361 e. The fraction of sp³-hybridized carbons (Fsp3) is 0.375. The summed E-state index contributed by atoms with van der Waals surface area (Å²) >= 11 is 0. The number of H-pyrrole nitrogens is 1. The second-order valence-electron chi connectivity index (χ2n) is 5.42. The van der Waals surface area contributed by atoms with Crippen LogP contribution in [0.15, 0.2) is 42.9 Å². The number of aromatic amines is 1. The molecule has 0 unspecified atom stereocenters. The summed E-state index contributed by atoms with van der Waals surface area (Å²) in [5.74, 6) is 0. The average molecular weight is 283 g/mol. The summed E-state index contributed by atoms with van der Waals surface area (Å²) in [6.45, 7) is 4.01. The molecule has 1 atom stereocenters. The minimum atomic E-state index is 0.488. The Morgan fingerprint density at radius 2 is 2.24 bits per heavy atom. The molecular formula is C16H21N5. The van der Waals surface area contributed by atoms with Gasteiger partial charge in [-0.05, 0) is 31.4 Å². The van der Waals surface area contributed by atoms with Crippen LogP contribution in [0.2, 0.25) is 0 Å². The van der Waals surface area contributed by atoms with Crippen molar-refractivity contribution in [1.29, 1.82) is 0 Å². The van der Waals surface area contributed by atoms with E-state index in [-0.39, 0.29) is 0 Å². The molecule has 5 heteroatoms. The number of aromatic nitrogens is 4. The largest absolute Gasteiger partial charge is 0.361 e. The Morgan fingerprint density at radius 1 is 1.33 bits per heavy atom. The lowest BCUT2D eigenvalue weighted by molar-refractivity contribution is 0.471. The minimum absolute atomic E-state index is 0.488. The number of benzene rings is 1. The second-order valence-corrected chi connectivity index (χ2v) is 5.42. The predicted octanol–water partition coefficient (Wildman–Crippen LogP) is 2.37. The van der Waals surface area contributed by atoms with Crippen molar-refractivity contribution in [2.45, 2.75) is 32.4 Å². The molecule has 0 amide bonds. The highest BCUT2D eigenvalue weighted by Gasteiger charge is 2.06. The fourth-order valence-corrected chi connectivity index (χ4v) is 2.59. The summed E-state index contributed by atoms with van der Waals surface area (Å²) < 4.78 is 1.85. The maximum Gasteiger partial charge on any atom is 0.0692 e. The smallest absolute Gasteiger partial charge is 0.0692 e. The van der Waals surface area contributed by atoms with Crippen LogP contribution < -0.4 is 5.32 Å². The van der Waals surface area contributed by atoms with Crippen LogP contribution >= 0.6 is 0 Å².